The van der Waals surface area contributed by atoms with Crippen molar-refractivity contribution in [1.29, 1.82) is 0 Å². The number of nitrogens with zero attached hydrogens (tertiary/aromatic N) is 1. The summed E-state index contributed by atoms with van der Waals surface area (Å²) in [6.45, 7) is 0. The molecule has 0 spiro atoms. The van der Waals surface area contributed by atoms with Crippen LogP contribution in [-0.2, 0) is 5.41 Å². The third kappa shape index (κ3) is 5.86. The van der Waals surface area contributed by atoms with Gasteiger partial charge in [0.05, 0.1) is 18.0 Å². The Kier molecular flexibility index (Phi) is 7.53. The van der Waals surface area contributed by atoms with Crippen molar-refractivity contribution in [2.45, 2.75) is 5.41 Å². The zero-order valence-electron chi connectivity index (χ0n) is 37.7. The second-order valence-corrected chi connectivity index (χ2v) is 15.3. The summed E-state index contributed by atoms with van der Waals surface area (Å²) >= 11 is 0. The minimum Gasteiger partial charge on any atom is -0.310 e. The highest BCUT2D eigenvalue weighted by Gasteiger charge is 2.47. The summed E-state index contributed by atoms with van der Waals surface area (Å²) in [7, 11) is 0. The summed E-state index contributed by atoms with van der Waals surface area (Å²) in [5.41, 5.74) is 14.5. The summed E-state index contributed by atoms with van der Waals surface area (Å²) in [6.07, 6.45) is 0. The van der Waals surface area contributed by atoms with E-state index in [9.17, 15) is 0 Å². The third-order valence-electron chi connectivity index (χ3n) is 12.0. The van der Waals surface area contributed by atoms with Gasteiger partial charge in [0.15, 0.2) is 0 Å². The van der Waals surface area contributed by atoms with Crippen LogP contribution in [-0.4, -0.2) is 0 Å². The first-order valence-electron chi connectivity index (χ1n) is 22.8. The zero-order chi connectivity index (χ0) is 44.2. The molecule has 10 aromatic carbocycles. The summed E-state index contributed by atoms with van der Waals surface area (Å²) in [6, 6.07) is 75.4. The second kappa shape index (κ2) is 14.9. The number of fused-ring (bicyclic) bond motifs is 4. The summed E-state index contributed by atoms with van der Waals surface area (Å²) < 4.78 is 42.3. The average Bonchev–Trinajstić information content (AvgIpc) is 3.68. The molecule has 0 saturated heterocycles. The fourth-order valence-electron chi connectivity index (χ4n) is 9.41. The van der Waals surface area contributed by atoms with Gasteiger partial charge in [0, 0.05) is 16.9 Å². The number of rotatable bonds is 8. The number of hydrogen-bond donors (Lipinski definition) is 0. The molecule has 0 radical (unpaired) electrons. The van der Waals surface area contributed by atoms with Gasteiger partial charge >= 0.3 is 0 Å². The Labute approximate surface area is 359 Å². The topological polar surface area (TPSA) is 3.24 Å². The van der Waals surface area contributed by atoms with Gasteiger partial charge in [-0.1, -0.05) is 212 Å². The van der Waals surface area contributed by atoms with Crippen molar-refractivity contribution in [2.75, 3.05) is 4.90 Å². The largest absolute Gasteiger partial charge is 0.310 e. The lowest BCUT2D eigenvalue weighted by Gasteiger charge is -2.34. The van der Waals surface area contributed by atoms with Crippen LogP contribution in [0.2, 0.25) is 0 Å². The fraction of sp³-hybridized carbons (Fsp3) is 0.0169. The average molecular weight is 769 g/mol. The van der Waals surface area contributed by atoms with E-state index in [2.05, 4.69) is 199 Å². The van der Waals surface area contributed by atoms with Crippen molar-refractivity contribution in [3.8, 4) is 44.5 Å². The zero-order valence-corrected chi connectivity index (χ0v) is 32.7. The molecule has 0 atom stereocenters. The Morgan fingerprint density at radius 2 is 0.900 bits per heavy atom. The van der Waals surface area contributed by atoms with E-state index in [1.165, 1.54) is 38.6 Å². The molecule has 0 amide bonds. The quantitative estimate of drug-likeness (QED) is 0.149. The maximum atomic E-state index is 8.72. The summed E-state index contributed by atoms with van der Waals surface area (Å²) in [5, 5.41) is 2.43. The Balaban J connectivity index is 1.10. The number of hydrogen-bond acceptors (Lipinski definition) is 1. The molecule has 282 valence electrons. The molecule has 0 N–H and O–H groups in total. The molecule has 0 heterocycles. The standard InChI is InChI=1S/C59H41N/c1-4-17-42(18-5-1)43-33-37-50(38-34-43)60(51-39-35-44(36-40-51)46-21-14-22-47(41-46)53-29-15-20-45-19-10-11-27-52(45)53)57-32-16-31-56-58(57)54-28-12-13-30-55(54)59(56,48-23-6-2-7-24-48)49-25-8-3-9-26-49/h1-41H/i1D,4D,5D,17D,18D. The summed E-state index contributed by atoms with van der Waals surface area (Å²) in [4.78, 5) is 2.28. The molecule has 0 aromatic heterocycles. The van der Waals surface area contributed by atoms with Crippen molar-refractivity contribution in [1.82, 2.24) is 0 Å². The first-order chi connectivity index (χ1) is 31.8. The molecular weight excluding hydrogens is 723 g/mol. The van der Waals surface area contributed by atoms with Crippen molar-refractivity contribution >= 4 is 27.8 Å². The molecule has 0 unspecified atom stereocenters. The maximum absolute atomic E-state index is 8.72. The van der Waals surface area contributed by atoms with E-state index in [1.54, 1.807) is 0 Å². The van der Waals surface area contributed by atoms with Crippen LogP contribution in [0.1, 0.15) is 29.1 Å². The normalized spacial score (nSPS) is 13.6. The molecule has 1 heteroatoms. The van der Waals surface area contributed by atoms with E-state index in [4.69, 9.17) is 6.85 Å². The van der Waals surface area contributed by atoms with E-state index in [-0.39, 0.29) is 29.7 Å². The Bertz CT molecular complexity index is 3350. The SMILES string of the molecule is [2H]c1c([2H])c([2H])c(-c2ccc(N(c3ccc(-c4cccc(-c5cccc6ccccc56)c4)cc3)c3cccc4c3-c3ccccc3C4(c3ccccc3)c3ccccc3)cc2)c([2H])c1[2H]. The molecule has 0 fully saturated rings. The lowest BCUT2D eigenvalue weighted by molar-refractivity contribution is 0.768. The molecule has 0 bridgehead atoms. The van der Waals surface area contributed by atoms with Crippen LogP contribution in [0.3, 0.4) is 0 Å². The van der Waals surface area contributed by atoms with Gasteiger partial charge in [-0.25, -0.2) is 0 Å². The van der Waals surface area contributed by atoms with Crippen molar-refractivity contribution < 1.29 is 6.85 Å². The first-order valence-corrected chi connectivity index (χ1v) is 20.3. The van der Waals surface area contributed by atoms with E-state index < -0.39 is 11.5 Å². The molecule has 1 nitrogen and oxygen atoms in total. The van der Waals surface area contributed by atoms with E-state index in [0.717, 1.165) is 44.9 Å². The van der Waals surface area contributed by atoms with E-state index in [0.29, 0.717) is 5.56 Å². The van der Waals surface area contributed by atoms with Gasteiger partial charge in [0.25, 0.3) is 0 Å². The highest BCUT2D eigenvalue weighted by Crippen LogP contribution is 2.59. The highest BCUT2D eigenvalue weighted by atomic mass is 15.1. The maximum Gasteiger partial charge on any atom is 0.0714 e. The van der Waals surface area contributed by atoms with Crippen LogP contribution in [0, 0.1) is 0 Å². The molecule has 11 rings (SSSR count). The number of benzene rings is 10. The Morgan fingerprint density at radius 3 is 1.62 bits per heavy atom. The summed E-state index contributed by atoms with van der Waals surface area (Å²) in [5.74, 6) is 0. The van der Waals surface area contributed by atoms with Crippen molar-refractivity contribution in [3.63, 3.8) is 0 Å². The van der Waals surface area contributed by atoms with Gasteiger partial charge in [-0.3, -0.25) is 0 Å². The third-order valence-corrected chi connectivity index (χ3v) is 12.0. The van der Waals surface area contributed by atoms with Crippen LogP contribution < -0.4 is 4.90 Å². The van der Waals surface area contributed by atoms with Gasteiger partial charge in [-0.2, -0.15) is 0 Å². The minimum atomic E-state index is -0.597. The van der Waals surface area contributed by atoms with Crippen LogP contribution in [0.15, 0.2) is 249 Å². The lowest BCUT2D eigenvalue weighted by atomic mass is 9.68. The van der Waals surface area contributed by atoms with Gasteiger partial charge in [0.2, 0.25) is 0 Å². The van der Waals surface area contributed by atoms with Gasteiger partial charge in [-0.05, 0) is 108 Å². The molecule has 1 aliphatic carbocycles. The molecular formula is C59H41N. The highest BCUT2D eigenvalue weighted by molar-refractivity contribution is 5.99. The monoisotopic (exact) mass is 768 g/mol. The van der Waals surface area contributed by atoms with Gasteiger partial charge < -0.3 is 4.90 Å². The molecule has 1 aliphatic rings. The lowest BCUT2D eigenvalue weighted by Crippen LogP contribution is -2.28. The van der Waals surface area contributed by atoms with Crippen LogP contribution in [0.25, 0.3) is 55.3 Å². The smallest absolute Gasteiger partial charge is 0.0714 e. The molecule has 60 heavy (non-hydrogen) atoms. The minimum absolute atomic E-state index is 0.175. The van der Waals surface area contributed by atoms with Gasteiger partial charge in [0.1, 0.15) is 0 Å². The van der Waals surface area contributed by atoms with Crippen molar-refractivity contribution in [3.05, 3.63) is 271 Å². The van der Waals surface area contributed by atoms with Crippen LogP contribution in [0.5, 0.6) is 0 Å². The van der Waals surface area contributed by atoms with E-state index in [1.807, 2.05) is 24.3 Å². The van der Waals surface area contributed by atoms with Crippen LogP contribution in [0.4, 0.5) is 17.1 Å². The predicted molar refractivity (Wildman–Crippen MR) is 252 cm³/mol. The second-order valence-electron chi connectivity index (χ2n) is 15.3. The van der Waals surface area contributed by atoms with Crippen LogP contribution >= 0.6 is 0 Å². The van der Waals surface area contributed by atoms with Gasteiger partial charge in [-0.15, -0.1) is 0 Å². The Morgan fingerprint density at radius 1 is 0.367 bits per heavy atom. The van der Waals surface area contributed by atoms with E-state index >= 15 is 0 Å². The molecule has 0 aliphatic heterocycles. The predicted octanol–water partition coefficient (Wildman–Crippen LogP) is 15.7. The Hall–Kier alpha value is -7.74. The fourth-order valence-corrected chi connectivity index (χ4v) is 9.41. The molecule has 0 saturated carbocycles. The first kappa shape index (κ1) is 30.4. The molecule has 10 aromatic rings. The number of anilines is 3. The van der Waals surface area contributed by atoms with Crippen molar-refractivity contribution in [2.24, 2.45) is 0 Å².